The highest BCUT2D eigenvalue weighted by molar-refractivity contribution is 6.07. The van der Waals surface area contributed by atoms with Gasteiger partial charge < -0.3 is 9.15 Å². The minimum absolute atomic E-state index is 0.0791. The third kappa shape index (κ3) is 3.79. The second-order valence-electron chi connectivity index (χ2n) is 7.03. The lowest BCUT2D eigenvalue weighted by molar-refractivity contribution is 0.104. The van der Waals surface area contributed by atoms with E-state index in [1.807, 2.05) is 36.7 Å². The van der Waals surface area contributed by atoms with Crippen LogP contribution in [0.4, 0.5) is 0 Å². The molecule has 1 aromatic carbocycles. The molecule has 0 spiro atoms. The van der Waals surface area contributed by atoms with Gasteiger partial charge in [-0.2, -0.15) is 5.10 Å². The quantitative estimate of drug-likeness (QED) is 0.440. The zero-order chi connectivity index (χ0) is 19.5. The van der Waals surface area contributed by atoms with Gasteiger partial charge in [0.2, 0.25) is 0 Å². The summed E-state index contributed by atoms with van der Waals surface area (Å²) in [6, 6.07) is 10.0. The zero-order valence-corrected chi connectivity index (χ0v) is 16.3. The molecule has 5 nitrogen and oxygen atoms in total. The van der Waals surface area contributed by atoms with Crippen molar-refractivity contribution >= 4 is 11.9 Å². The summed E-state index contributed by atoms with van der Waals surface area (Å²) < 4.78 is 13.4. The van der Waals surface area contributed by atoms with Crippen molar-refractivity contribution in [2.75, 3.05) is 0 Å². The van der Waals surface area contributed by atoms with Crippen molar-refractivity contribution in [3.8, 4) is 5.75 Å². The molecule has 4 rings (SSSR count). The molecule has 0 saturated heterocycles. The van der Waals surface area contributed by atoms with E-state index in [1.54, 1.807) is 12.3 Å². The van der Waals surface area contributed by atoms with E-state index in [-0.39, 0.29) is 5.78 Å². The van der Waals surface area contributed by atoms with Gasteiger partial charge in [0.15, 0.2) is 5.78 Å². The van der Waals surface area contributed by atoms with E-state index >= 15 is 0 Å². The molecule has 1 aliphatic carbocycles. The molecule has 0 saturated carbocycles. The van der Waals surface area contributed by atoms with Crippen molar-refractivity contribution in [1.29, 1.82) is 0 Å². The first-order valence-electron chi connectivity index (χ1n) is 9.72. The Morgan fingerprint density at radius 1 is 1.25 bits per heavy atom. The number of aromatic nitrogens is 2. The summed E-state index contributed by atoms with van der Waals surface area (Å²) in [6.07, 6.45) is 8.35. The molecule has 0 radical (unpaired) electrons. The van der Waals surface area contributed by atoms with Gasteiger partial charge in [0.05, 0.1) is 11.8 Å². The number of benzene rings is 1. The third-order valence-corrected chi connectivity index (χ3v) is 5.20. The van der Waals surface area contributed by atoms with Gasteiger partial charge in [-0.15, -0.1) is 0 Å². The number of carbonyl (C=O) groups excluding carboxylic acids is 1. The molecule has 3 aromatic rings. The lowest BCUT2D eigenvalue weighted by Crippen LogP contribution is -2.01. The van der Waals surface area contributed by atoms with Gasteiger partial charge in [0.1, 0.15) is 23.9 Å². The fourth-order valence-electron chi connectivity index (χ4n) is 3.61. The van der Waals surface area contributed by atoms with Crippen LogP contribution in [-0.2, 0) is 26.0 Å². The maximum Gasteiger partial charge on any atom is 0.189 e. The molecule has 0 aliphatic heterocycles. The van der Waals surface area contributed by atoms with Crippen molar-refractivity contribution in [2.45, 2.75) is 46.3 Å². The largest absolute Gasteiger partial charge is 0.486 e. The Morgan fingerprint density at radius 2 is 2.11 bits per heavy atom. The number of allylic oxidation sites excluding steroid dienone is 1. The van der Waals surface area contributed by atoms with Crippen LogP contribution in [0.15, 0.2) is 47.0 Å². The van der Waals surface area contributed by atoms with E-state index in [0.29, 0.717) is 17.9 Å². The average molecular weight is 376 g/mol. The van der Waals surface area contributed by atoms with Gasteiger partial charge in [-0.05, 0) is 80.7 Å². The molecule has 0 N–H and O–H groups in total. The Labute approximate surface area is 164 Å². The van der Waals surface area contributed by atoms with Crippen LogP contribution in [0.2, 0.25) is 0 Å². The van der Waals surface area contributed by atoms with Crippen molar-refractivity contribution in [3.05, 3.63) is 76.5 Å². The van der Waals surface area contributed by atoms with Crippen molar-refractivity contribution in [2.24, 2.45) is 0 Å². The van der Waals surface area contributed by atoms with Crippen LogP contribution in [0.3, 0.4) is 0 Å². The van der Waals surface area contributed by atoms with Crippen LogP contribution < -0.4 is 4.74 Å². The van der Waals surface area contributed by atoms with Crippen LogP contribution in [0.1, 0.15) is 52.0 Å². The summed E-state index contributed by atoms with van der Waals surface area (Å²) >= 11 is 0. The van der Waals surface area contributed by atoms with Gasteiger partial charge >= 0.3 is 0 Å². The number of furan rings is 1. The molecule has 0 bridgehead atoms. The summed E-state index contributed by atoms with van der Waals surface area (Å²) in [7, 11) is 0. The van der Waals surface area contributed by atoms with Crippen molar-refractivity contribution in [3.63, 3.8) is 0 Å². The lowest BCUT2D eigenvalue weighted by atomic mass is 10.1. The molecule has 1 aliphatic rings. The van der Waals surface area contributed by atoms with Crippen LogP contribution >= 0.6 is 0 Å². The first kappa shape index (κ1) is 18.3. The Morgan fingerprint density at radius 3 is 2.93 bits per heavy atom. The van der Waals surface area contributed by atoms with Gasteiger partial charge in [-0.1, -0.05) is 6.07 Å². The minimum atomic E-state index is -0.0791. The van der Waals surface area contributed by atoms with Crippen LogP contribution in [0.5, 0.6) is 5.75 Å². The van der Waals surface area contributed by atoms with Crippen LogP contribution in [-0.4, -0.2) is 15.6 Å². The van der Waals surface area contributed by atoms with Crippen molar-refractivity contribution in [1.82, 2.24) is 9.78 Å². The summed E-state index contributed by atoms with van der Waals surface area (Å²) in [5.74, 6) is 2.14. The van der Waals surface area contributed by atoms with Crippen molar-refractivity contribution < 1.29 is 13.9 Å². The second-order valence-corrected chi connectivity index (χ2v) is 7.03. The van der Waals surface area contributed by atoms with Gasteiger partial charge in [-0.3, -0.25) is 9.48 Å². The van der Waals surface area contributed by atoms with Crippen LogP contribution in [0.25, 0.3) is 6.08 Å². The van der Waals surface area contributed by atoms with E-state index in [4.69, 9.17) is 9.15 Å². The van der Waals surface area contributed by atoms with E-state index in [9.17, 15) is 4.79 Å². The molecule has 0 amide bonds. The number of rotatable bonds is 7. The summed E-state index contributed by atoms with van der Waals surface area (Å²) in [6.45, 7) is 5.01. The topological polar surface area (TPSA) is 57.3 Å². The molecule has 0 atom stereocenters. The first-order chi connectivity index (χ1) is 13.6. The Bertz CT molecular complexity index is 1030. The SMILES string of the molecule is CCn1ncc(C(=O)/C=C/c2ccc(COc3ccc4c(c3)CCC4)o2)c1C. The normalized spacial score (nSPS) is 13.2. The average Bonchev–Trinajstić information content (AvgIpc) is 3.43. The first-order valence-corrected chi connectivity index (χ1v) is 9.72. The summed E-state index contributed by atoms with van der Waals surface area (Å²) in [4.78, 5) is 12.4. The molecule has 144 valence electrons. The number of hydrogen-bond acceptors (Lipinski definition) is 4. The Kier molecular flexibility index (Phi) is 5.15. The Hall–Kier alpha value is -3.08. The molecular weight excluding hydrogens is 352 g/mol. The molecule has 2 heterocycles. The number of ether oxygens (including phenoxy) is 1. The summed E-state index contributed by atoms with van der Waals surface area (Å²) in [5.41, 5.74) is 4.31. The predicted octanol–water partition coefficient (Wildman–Crippen LogP) is 4.77. The van der Waals surface area contributed by atoms with Gasteiger partial charge in [0.25, 0.3) is 0 Å². The second kappa shape index (κ2) is 7.89. The number of ketones is 1. The number of hydrogen-bond donors (Lipinski definition) is 0. The Balaban J connectivity index is 1.36. The maximum atomic E-state index is 12.4. The van der Waals surface area contributed by atoms with Gasteiger partial charge in [-0.25, -0.2) is 0 Å². The minimum Gasteiger partial charge on any atom is -0.486 e. The smallest absolute Gasteiger partial charge is 0.189 e. The fourth-order valence-corrected chi connectivity index (χ4v) is 3.61. The molecular formula is C23H24N2O3. The van der Waals surface area contributed by atoms with E-state index in [1.165, 1.54) is 30.0 Å². The third-order valence-electron chi connectivity index (χ3n) is 5.20. The molecule has 0 unspecified atom stereocenters. The zero-order valence-electron chi connectivity index (χ0n) is 16.3. The summed E-state index contributed by atoms with van der Waals surface area (Å²) in [5, 5.41) is 4.21. The highest BCUT2D eigenvalue weighted by Gasteiger charge is 2.12. The predicted molar refractivity (Wildman–Crippen MR) is 108 cm³/mol. The number of nitrogens with zero attached hydrogens (tertiary/aromatic N) is 2. The maximum absolute atomic E-state index is 12.4. The number of carbonyl (C=O) groups is 1. The van der Waals surface area contributed by atoms with E-state index in [0.717, 1.165) is 30.2 Å². The highest BCUT2D eigenvalue weighted by atomic mass is 16.5. The monoisotopic (exact) mass is 376 g/mol. The molecule has 2 aromatic heterocycles. The standard InChI is InChI=1S/C23H24N2O3/c1-3-25-16(2)22(14-24-25)23(26)12-11-19-9-10-21(28-19)15-27-20-8-7-17-5-4-6-18(17)13-20/h7-14H,3-6,15H2,1-2H3/b12-11+. The number of fused-ring (bicyclic) bond motifs is 1. The van der Waals surface area contributed by atoms with Gasteiger partial charge in [0, 0.05) is 12.2 Å². The van der Waals surface area contributed by atoms with Crippen LogP contribution in [0, 0.1) is 6.92 Å². The highest BCUT2D eigenvalue weighted by Crippen LogP contribution is 2.26. The molecule has 5 heteroatoms. The van der Waals surface area contributed by atoms with E-state index < -0.39 is 0 Å². The number of aryl methyl sites for hydroxylation is 3. The molecule has 0 fully saturated rings. The lowest BCUT2D eigenvalue weighted by Gasteiger charge is -2.06. The molecule has 28 heavy (non-hydrogen) atoms. The fraction of sp³-hybridized carbons (Fsp3) is 0.304. The van der Waals surface area contributed by atoms with E-state index in [2.05, 4.69) is 17.2 Å².